The van der Waals surface area contributed by atoms with E-state index in [2.05, 4.69) is 27.9 Å². The molecule has 0 aliphatic heterocycles. The molecule has 0 atom stereocenters. The summed E-state index contributed by atoms with van der Waals surface area (Å²) in [6.45, 7) is 4.20. The SMILES string of the molecule is C=CCNc1nccc(-c2cccnc2)c1C#N. The lowest BCUT2D eigenvalue weighted by molar-refractivity contribution is 1.21. The van der Waals surface area contributed by atoms with E-state index in [1.165, 1.54) is 0 Å². The molecule has 0 aliphatic carbocycles. The van der Waals surface area contributed by atoms with Crippen LogP contribution in [0, 0.1) is 11.3 Å². The molecular weight excluding hydrogens is 224 g/mol. The van der Waals surface area contributed by atoms with E-state index in [-0.39, 0.29) is 0 Å². The van der Waals surface area contributed by atoms with Crippen molar-refractivity contribution in [2.24, 2.45) is 0 Å². The minimum absolute atomic E-state index is 0.521. The van der Waals surface area contributed by atoms with Crippen molar-refractivity contribution in [2.75, 3.05) is 11.9 Å². The zero-order chi connectivity index (χ0) is 12.8. The van der Waals surface area contributed by atoms with Gasteiger partial charge in [-0.15, -0.1) is 6.58 Å². The summed E-state index contributed by atoms with van der Waals surface area (Å²) in [5, 5.41) is 12.3. The quantitative estimate of drug-likeness (QED) is 0.829. The second-order valence-electron chi connectivity index (χ2n) is 3.61. The topological polar surface area (TPSA) is 61.6 Å². The Balaban J connectivity index is 2.49. The van der Waals surface area contributed by atoms with Crippen molar-refractivity contribution in [3.63, 3.8) is 0 Å². The Morgan fingerprint density at radius 2 is 2.28 bits per heavy atom. The fourth-order valence-corrected chi connectivity index (χ4v) is 1.64. The Labute approximate surface area is 106 Å². The van der Waals surface area contributed by atoms with Crippen molar-refractivity contribution in [3.8, 4) is 17.2 Å². The molecular formula is C14H12N4. The number of hydrogen-bond donors (Lipinski definition) is 1. The summed E-state index contributed by atoms with van der Waals surface area (Å²) < 4.78 is 0. The van der Waals surface area contributed by atoms with Gasteiger partial charge in [0.1, 0.15) is 17.5 Å². The van der Waals surface area contributed by atoms with Crippen LogP contribution in [0.2, 0.25) is 0 Å². The summed E-state index contributed by atoms with van der Waals surface area (Å²) in [6, 6.07) is 7.76. The number of nitrogens with zero attached hydrogens (tertiary/aromatic N) is 3. The Morgan fingerprint density at radius 3 is 2.94 bits per heavy atom. The molecule has 0 saturated carbocycles. The molecule has 0 radical (unpaired) electrons. The van der Waals surface area contributed by atoms with Crippen LogP contribution in [0.25, 0.3) is 11.1 Å². The van der Waals surface area contributed by atoms with Gasteiger partial charge in [-0.3, -0.25) is 4.98 Å². The monoisotopic (exact) mass is 236 g/mol. The van der Waals surface area contributed by atoms with Gasteiger partial charge in [-0.1, -0.05) is 12.1 Å². The van der Waals surface area contributed by atoms with Crippen LogP contribution in [-0.2, 0) is 0 Å². The van der Waals surface area contributed by atoms with Crippen LogP contribution in [0.3, 0.4) is 0 Å². The molecule has 0 unspecified atom stereocenters. The fraction of sp³-hybridized carbons (Fsp3) is 0.0714. The van der Waals surface area contributed by atoms with Gasteiger partial charge in [0.05, 0.1) is 0 Å². The van der Waals surface area contributed by atoms with Gasteiger partial charge in [-0.25, -0.2) is 4.98 Å². The van der Waals surface area contributed by atoms with Gasteiger partial charge in [-0.05, 0) is 12.1 Å². The van der Waals surface area contributed by atoms with Crippen molar-refractivity contribution in [3.05, 3.63) is 55.0 Å². The first-order chi connectivity index (χ1) is 8.86. The first kappa shape index (κ1) is 11.8. The predicted molar refractivity (Wildman–Crippen MR) is 70.9 cm³/mol. The maximum Gasteiger partial charge on any atom is 0.144 e. The number of anilines is 1. The lowest BCUT2D eigenvalue weighted by Gasteiger charge is -2.09. The molecule has 0 spiro atoms. The number of nitrogens with one attached hydrogen (secondary N) is 1. The zero-order valence-corrected chi connectivity index (χ0v) is 9.80. The Hall–Kier alpha value is -2.67. The van der Waals surface area contributed by atoms with Crippen LogP contribution < -0.4 is 5.32 Å². The average molecular weight is 236 g/mol. The number of rotatable bonds is 4. The van der Waals surface area contributed by atoms with E-state index in [4.69, 9.17) is 0 Å². The summed E-state index contributed by atoms with van der Waals surface area (Å²) in [7, 11) is 0. The van der Waals surface area contributed by atoms with Crippen LogP contribution in [-0.4, -0.2) is 16.5 Å². The van der Waals surface area contributed by atoms with Crippen molar-refractivity contribution in [2.45, 2.75) is 0 Å². The first-order valence-corrected chi connectivity index (χ1v) is 5.51. The van der Waals surface area contributed by atoms with Gasteiger partial charge in [0.15, 0.2) is 0 Å². The van der Waals surface area contributed by atoms with Crippen molar-refractivity contribution < 1.29 is 0 Å². The molecule has 2 aromatic heterocycles. The predicted octanol–water partition coefficient (Wildman–Crippen LogP) is 2.61. The van der Waals surface area contributed by atoms with Crippen LogP contribution in [0.1, 0.15) is 5.56 Å². The number of hydrogen-bond acceptors (Lipinski definition) is 4. The maximum absolute atomic E-state index is 9.28. The highest BCUT2D eigenvalue weighted by Gasteiger charge is 2.10. The normalized spacial score (nSPS) is 9.50. The molecule has 0 aromatic carbocycles. The molecule has 2 aromatic rings. The standard InChI is InChI=1S/C14H12N4/c1-2-6-17-14-13(9-15)12(5-8-18-14)11-4-3-7-16-10-11/h2-5,7-8,10H,1,6H2,(H,17,18). The molecule has 0 aliphatic rings. The van der Waals surface area contributed by atoms with Crippen LogP contribution >= 0.6 is 0 Å². The minimum atomic E-state index is 0.521. The number of nitriles is 1. The van der Waals surface area contributed by atoms with Gasteiger partial charge >= 0.3 is 0 Å². The Morgan fingerprint density at radius 1 is 1.39 bits per heavy atom. The largest absolute Gasteiger partial charge is 0.365 e. The third-order valence-electron chi connectivity index (χ3n) is 2.45. The van der Waals surface area contributed by atoms with Gasteiger partial charge in [0, 0.05) is 36.3 Å². The molecule has 1 N–H and O–H groups in total. The van der Waals surface area contributed by atoms with Crippen molar-refractivity contribution in [1.29, 1.82) is 5.26 Å². The number of pyridine rings is 2. The van der Waals surface area contributed by atoms with Crippen molar-refractivity contribution in [1.82, 2.24) is 9.97 Å². The lowest BCUT2D eigenvalue weighted by Crippen LogP contribution is -2.03. The average Bonchev–Trinajstić information content (AvgIpc) is 2.45. The van der Waals surface area contributed by atoms with E-state index in [9.17, 15) is 5.26 Å². The third kappa shape index (κ3) is 2.36. The molecule has 18 heavy (non-hydrogen) atoms. The van der Waals surface area contributed by atoms with Crippen LogP contribution in [0.15, 0.2) is 49.4 Å². The fourth-order valence-electron chi connectivity index (χ4n) is 1.64. The molecule has 0 saturated heterocycles. The van der Waals surface area contributed by atoms with Gasteiger partial charge in [0.25, 0.3) is 0 Å². The van der Waals surface area contributed by atoms with Gasteiger partial charge in [0.2, 0.25) is 0 Å². The van der Waals surface area contributed by atoms with E-state index < -0.39 is 0 Å². The Kier molecular flexibility index (Phi) is 3.67. The van der Waals surface area contributed by atoms with E-state index in [0.717, 1.165) is 11.1 Å². The summed E-state index contributed by atoms with van der Waals surface area (Å²) in [4.78, 5) is 8.23. The van der Waals surface area contributed by atoms with Crippen molar-refractivity contribution >= 4 is 5.82 Å². The van der Waals surface area contributed by atoms with E-state index >= 15 is 0 Å². The zero-order valence-electron chi connectivity index (χ0n) is 9.80. The highest BCUT2D eigenvalue weighted by molar-refractivity contribution is 5.75. The van der Waals surface area contributed by atoms with Crippen LogP contribution in [0.5, 0.6) is 0 Å². The summed E-state index contributed by atoms with van der Waals surface area (Å²) in [5.41, 5.74) is 2.25. The summed E-state index contributed by atoms with van der Waals surface area (Å²) >= 11 is 0. The summed E-state index contributed by atoms with van der Waals surface area (Å²) in [5.74, 6) is 0.568. The highest BCUT2D eigenvalue weighted by atomic mass is 15.0. The molecule has 4 heteroatoms. The second-order valence-corrected chi connectivity index (χ2v) is 3.61. The first-order valence-electron chi connectivity index (χ1n) is 5.51. The maximum atomic E-state index is 9.28. The highest BCUT2D eigenvalue weighted by Crippen LogP contribution is 2.26. The minimum Gasteiger partial charge on any atom is -0.365 e. The smallest absolute Gasteiger partial charge is 0.144 e. The van der Waals surface area contributed by atoms with E-state index in [1.807, 2.05) is 18.2 Å². The van der Waals surface area contributed by atoms with E-state index in [0.29, 0.717) is 17.9 Å². The molecule has 2 heterocycles. The molecule has 4 nitrogen and oxygen atoms in total. The van der Waals surface area contributed by atoms with Gasteiger partial charge < -0.3 is 5.32 Å². The lowest BCUT2D eigenvalue weighted by atomic mass is 10.0. The van der Waals surface area contributed by atoms with Crippen LogP contribution in [0.4, 0.5) is 5.82 Å². The third-order valence-corrected chi connectivity index (χ3v) is 2.45. The summed E-state index contributed by atoms with van der Waals surface area (Å²) in [6.07, 6.45) is 6.83. The molecule has 0 bridgehead atoms. The number of aromatic nitrogens is 2. The molecule has 88 valence electrons. The molecule has 0 amide bonds. The molecule has 0 fully saturated rings. The Bertz CT molecular complexity index is 584. The van der Waals surface area contributed by atoms with E-state index in [1.54, 1.807) is 24.7 Å². The van der Waals surface area contributed by atoms with Gasteiger partial charge in [-0.2, -0.15) is 5.26 Å². The molecule has 2 rings (SSSR count). The second kappa shape index (κ2) is 5.60.